The van der Waals surface area contributed by atoms with Gasteiger partial charge in [-0.2, -0.15) is 0 Å². The summed E-state index contributed by atoms with van der Waals surface area (Å²) in [7, 11) is -10.4. The van der Waals surface area contributed by atoms with Crippen molar-refractivity contribution in [1.29, 1.82) is 0 Å². The van der Waals surface area contributed by atoms with Gasteiger partial charge in [-0.1, -0.05) is 0 Å². The molecule has 24 heavy (non-hydrogen) atoms. The van der Waals surface area contributed by atoms with Gasteiger partial charge in [0.05, 0.1) is 0 Å². The highest BCUT2D eigenvalue weighted by Gasteiger charge is 2.53. The third kappa shape index (κ3) is 8.32. The van der Waals surface area contributed by atoms with E-state index in [1.165, 1.54) is 0 Å². The van der Waals surface area contributed by atoms with Gasteiger partial charge in [0.15, 0.2) is 0 Å². The van der Waals surface area contributed by atoms with Gasteiger partial charge < -0.3 is 64.6 Å². The molecule has 1 fully saturated rings. The number of phosphoric ester groups is 2. The summed E-state index contributed by atoms with van der Waals surface area (Å²) in [6.07, 6.45) is -12.8. The Morgan fingerprint density at radius 2 is 0.792 bits per heavy atom. The summed E-state index contributed by atoms with van der Waals surface area (Å²) >= 11 is 0. The molecule has 0 heterocycles. The summed E-state index contributed by atoms with van der Waals surface area (Å²) < 4.78 is 29.4. The van der Waals surface area contributed by atoms with E-state index in [2.05, 4.69) is 9.05 Å². The van der Waals surface area contributed by atoms with Crippen LogP contribution >= 0.6 is 15.6 Å². The number of aliphatic hydroxyl groups is 4. The van der Waals surface area contributed by atoms with Crippen LogP contribution in [0.1, 0.15) is 0 Å². The fraction of sp³-hybridized carbons (Fsp3) is 1.00. The minimum Gasteiger partial charge on any atom is -0.387 e. The van der Waals surface area contributed by atoms with E-state index in [4.69, 9.17) is 19.6 Å². The van der Waals surface area contributed by atoms with E-state index in [9.17, 15) is 29.6 Å². The maximum atomic E-state index is 10.7. The topological polar surface area (TPSA) is 354 Å². The molecule has 4 unspecified atom stereocenters. The van der Waals surface area contributed by atoms with Gasteiger partial charge in [-0.3, -0.25) is 9.05 Å². The van der Waals surface area contributed by atoms with Crippen molar-refractivity contribution in [3.8, 4) is 0 Å². The predicted molar refractivity (Wildman–Crippen MR) is 77.9 cm³/mol. The highest BCUT2D eigenvalue weighted by Crippen LogP contribution is 2.45. The molecule has 1 aliphatic carbocycles. The summed E-state index contributed by atoms with van der Waals surface area (Å²) in [4.78, 5) is 34.4. The largest absolute Gasteiger partial charge is 0.470 e. The van der Waals surface area contributed by atoms with Crippen LogP contribution in [0.25, 0.3) is 0 Å². The van der Waals surface area contributed by atoms with Crippen molar-refractivity contribution in [2.45, 2.75) is 36.6 Å². The molecule has 0 aliphatic heterocycles. The number of hydrogen-bond donors (Lipinski definition) is 12. The van der Waals surface area contributed by atoms with Crippen LogP contribution < -0.4 is 24.6 Å². The van der Waals surface area contributed by atoms with Crippen LogP contribution in [0.4, 0.5) is 0 Å². The minimum absolute atomic E-state index is 0. The van der Waals surface area contributed by atoms with E-state index >= 15 is 0 Å². The van der Waals surface area contributed by atoms with Gasteiger partial charge in [0.2, 0.25) is 0 Å². The smallest absolute Gasteiger partial charge is 0.387 e. The standard InChI is InChI=1S/C6H14O12P2.4H3N/c7-1-2(8)5(17-19(11,12)13)4(10)6(3(1)9)18-20(14,15)16;;;;/h1-10H,(H2,11,12,13)(H2,14,15,16);4*1H3. The second-order valence-corrected chi connectivity index (χ2v) is 6.47. The predicted octanol–water partition coefficient (Wildman–Crippen LogP) is -2.95. The van der Waals surface area contributed by atoms with Crippen LogP contribution in [-0.4, -0.2) is 76.6 Å². The van der Waals surface area contributed by atoms with Crippen LogP contribution in [0, 0.1) is 0 Å². The highest BCUT2D eigenvalue weighted by molar-refractivity contribution is 7.46. The van der Waals surface area contributed by atoms with Crippen molar-refractivity contribution < 1.29 is 58.2 Å². The lowest BCUT2D eigenvalue weighted by Crippen LogP contribution is -2.64. The Morgan fingerprint density at radius 1 is 0.542 bits per heavy atom. The zero-order valence-electron chi connectivity index (χ0n) is 12.4. The first kappa shape index (κ1) is 31.6. The average Bonchev–Trinajstić information content (AvgIpc) is 2.25. The van der Waals surface area contributed by atoms with E-state index in [0.717, 1.165) is 0 Å². The van der Waals surface area contributed by atoms with E-state index in [1.807, 2.05) is 0 Å². The highest BCUT2D eigenvalue weighted by atomic mass is 31.2. The maximum absolute atomic E-state index is 10.7. The van der Waals surface area contributed by atoms with Gasteiger partial charge in [0, 0.05) is 0 Å². The quantitative estimate of drug-likeness (QED) is 0.207. The number of rotatable bonds is 4. The molecule has 0 spiro atoms. The SMILES string of the molecule is N.N.N.N.O=P(O)(O)OC1C(O)C(O)C(O)C(OP(=O)(O)O)C1O. The molecule has 1 aliphatic rings. The Bertz CT molecular complexity index is 405. The fourth-order valence-corrected chi connectivity index (χ4v) is 2.88. The van der Waals surface area contributed by atoms with Crippen molar-refractivity contribution >= 4 is 15.6 Å². The Kier molecular flexibility index (Phi) is 14.2. The number of aliphatic hydroxyl groups excluding tert-OH is 4. The molecule has 152 valence electrons. The molecule has 0 saturated heterocycles. The van der Waals surface area contributed by atoms with Crippen molar-refractivity contribution in [2.75, 3.05) is 0 Å². The maximum Gasteiger partial charge on any atom is 0.470 e. The molecule has 0 aromatic heterocycles. The van der Waals surface area contributed by atoms with Crippen LogP contribution in [0.2, 0.25) is 0 Å². The molecule has 4 atom stereocenters. The van der Waals surface area contributed by atoms with E-state index < -0.39 is 52.3 Å². The number of phosphoric acid groups is 2. The first-order valence-corrected chi connectivity index (χ1v) is 8.10. The van der Waals surface area contributed by atoms with Gasteiger partial charge in [-0.05, 0) is 0 Å². The molecule has 0 aromatic carbocycles. The minimum atomic E-state index is -5.20. The average molecular weight is 408 g/mol. The monoisotopic (exact) mass is 408 g/mol. The molecule has 0 bridgehead atoms. The fourth-order valence-electron chi connectivity index (χ4n) is 1.75. The molecular formula is C6H26N4O12P2. The van der Waals surface area contributed by atoms with Crippen LogP contribution in [0.5, 0.6) is 0 Å². The van der Waals surface area contributed by atoms with E-state index in [1.54, 1.807) is 0 Å². The third-order valence-corrected chi connectivity index (χ3v) is 3.60. The van der Waals surface area contributed by atoms with Crippen molar-refractivity contribution in [3.05, 3.63) is 0 Å². The van der Waals surface area contributed by atoms with E-state index in [0.29, 0.717) is 0 Å². The van der Waals surface area contributed by atoms with Crippen molar-refractivity contribution in [2.24, 2.45) is 0 Å². The van der Waals surface area contributed by atoms with E-state index in [-0.39, 0.29) is 24.6 Å². The third-order valence-electron chi connectivity index (χ3n) is 2.56. The van der Waals surface area contributed by atoms with Crippen LogP contribution in [0.15, 0.2) is 0 Å². The first-order valence-electron chi connectivity index (χ1n) is 5.03. The normalized spacial score (nSPS) is 33.2. The summed E-state index contributed by atoms with van der Waals surface area (Å²) in [6, 6.07) is 0. The zero-order valence-corrected chi connectivity index (χ0v) is 14.2. The second-order valence-electron chi connectivity index (χ2n) is 4.08. The Balaban J connectivity index is -0.000000500. The molecular weight excluding hydrogens is 382 g/mol. The lowest BCUT2D eigenvalue weighted by atomic mass is 9.85. The van der Waals surface area contributed by atoms with Crippen LogP contribution in [-0.2, 0) is 18.2 Å². The summed E-state index contributed by atoms with van der Waals surface area (Å²) in [6.45, 7) is 0. The second kappa shape index (κ2) is 10.8. The summed E-state index contributed by atoms with van der Waals surface area (Å²) in [5.41, 5.74) is 0. The first-order chi connectivity index (χ1) is 8.83. The molecule has 16 nitrogen and oxygen atoms in total. The molecule has 0 radical (unpaired) electrons. The lowest BCUT2D eigenvalue weighted by Gasteiger charge is -2.42. The van der Waals surface area contributed by atoms with Gasteiger partial charge in [-0.15, -0.1) is 0 Å². The summed E-state index contributed by atoms with van der Waals surface area (Å²) in [5.74, 6) is 0. The molecule has 20 N–H and O–H groups in total. The summed E-state index contributed by atoms with van der Waals surface area (Å²) in [5, 5.41) is 38.0. The van der Waals surface area contributed by atoms with Gasteiger partial charge in [0.25, 0.3) is 0 Å². The molecule has 18 heteroatoms. The van der Waals surface area contributed by atoms with Gasteiger partial charge >= 0.3 is 15.6 Å². The molecule has 1 saturated carbocycles. The van der Waals surface area contributed by atoms with Gasteiger partial charge in [-0.25, -0.2) is 9.13 Å². The van der Waals surface area contributed by atoms with Crippen LogP contribution in [0.3, 0.4) is 0 Å². The van der Waals surface area contributed by atoms with Gasteiger partial charge in [0.1, 0.15) is 36.6 Å². The molecule has 0 amide bonds. The Morgan fingerprint density at radius 3 is 1.00 bits per heavy atom. The Hall–Kier alpha value is -0.100. The molecule has 1 rings (SSSR count). The van der Waals surface area contributed by atoms with Crippen molar-refractivity contribution in [1.82, 2.24) is 24.6 Å². The zero-order chi connectivity index (χ0) is 15.9. The lowest BCUT2D eigenvalue weighted by molar-refractivity contribution is -0.215. The van der Waals surface area contributed by atoms with Crippen molar-refractivity contribution in [3.63, 3.8) is 0 Å². The Labute approximate surface area is 136 Å². The number of hydrogen-bond acceptors (Lipinski definition) is 12. The molecule has 0 aromatic rings.